The first-order valence-electron chi connectivity index (χ1n) is 8.56. The first-order chi connectivity index (χ1) is 12.4. The number of benzene rings is 1. The van der Waals surface area contributed by atoms with E-state index in [0.717, 1.165) is 10.7 Å². The van der Waals surface area contributed by atoms with E-state index in [-0.39, 0.29) is 29.8 Å². The molecule has 1 unspecified atom stereocenters. The van der Waals surface area contributed by atoms with E-state index in [1.165, 1.54) is 12.1 Å². The largest absolute Gasteiger partial charge is 0.351 e. The van der Waals surface area contributed by atoms with Crippen LogP contribution in [0.15, 0.2) is 24.3 Å². The molecule has 0 aliphatic carbocycles. The van der Waals surface area contributed by atoms with Gasteiger partial charge in [0, 0.05) is 6.54 Å². The van der Waals surface area contributed by atoms with Crippen molar-refractivity contribution in [2.45, 2.75) is 38.6 Å². The third kappa shape index (κ3) is 3.24. The Hall–Kier alpha value is -2.26. The zero-order chi connectivity index (χ0) is 18.9. The first kappa shape index (κ1) is 18.5. The second-order valence-corrected chi connectivity index (χ2v) is 8.34. The average Bonchev–Trinajstić information content (AvgIpc) is 3.08. The SMILES string of the molecule is CCCCC(C(=O)ON1C(=O)c2ccccc2C1=O)N1CCCS1(=O)=O. The molecular weight excluding hydrogens is 360 g/mol. The fourth-order valence-electron chi connectivity index (χ4n) is 3.19. The van der Waals surface area contributed by atoms with Crippen LogP contribution >= 0.6 is 0 Å². The van der Waals surface area contributed by atoms with Gasteiger partial charge in [0.25, 0.3) is 11.8 Å². The average molecular weight is 380 g/mol. The van der Waals surface area contributed by atoms with Crippen LogP contribution in [0.1, 0.15) is 53.3 Å². The van der Waals surface area contributed by atoms with Gasteiger partial charge in [-0.05, 0) is 25.0 Å². The number of carbonyl (C=O) groups is 3. The van der Waals surface area contributed by atoms with Gasteiger partial charge in [-0.2, -0.15) is 4.31 Å². The number of nitrogens with zero attached hydrogens (tertiary/aromatic N) is 2. The smallest absolute Gasteiger partial charge is 0.328 e. The summed E-state index contributed by atoms with van der Waals surface area (Å²) in [6.45, 7) is 2.15. The van der Waals surface area contributed by atoms with Gasteiger partial charge in [-0.25, -0.2) is 13.2 Å². The minimum Gasteiger partial charge on any atom is -0.328 e. The van der Waals surface area contributed by atoms with Crippen molar-refractivity contribution in [1.82, 2.24) is 9.37 Å². The zero-order valence-corrected chi connectivity index (χ0v) is 15.2. The number of hydrogen-bond donors (Lipinski definition) is 0. The fourth-order valence-corrected chi connectivity index (χ4v) is 4.90. The molecule has 2 aliphatic rings. The van der Waals surface area contributed by atoms with Crippen molar-refractivity contribution >= 4 is 27.8 Å². The Bertz CT molecular complexity index is 816. The van der Waals surface area contributed by atoms with Gasteiger partial charge in [-0.3, -0.25) is 9.59 Å². The van der Waals surface area contributed by atoms with Crippen LogP contribution in [-0.4, -0.2) is 53.9 Å². The Morgan fingerprint density at radius 2 is 1.81 bits per heavy atom. The van der Waals surface area contributed by atoms with Crippen molar-refractivity contribution in [2.75, 3.05) is 12.3 Å². The normalized spacial score (nSPS) is 20.3. The summed E-state index contributed by atoms with van der Waals surface area (Å²) in [5.41, 5.74) is 0.313. The Labute approximate surface area is 151 Å². The summed E-state index contributed by atoms with van der Waals surface area (Å²) < 4.78 is 25.5. The van der Waals surface area contributed by atoms with Crippen LogP contribution < -0.4 is 0 Å². The number of amides is 2. The zero-order valence-electron chi connectivity index (χ0n) is 14.4. The van der Waals surface area contributed by atoms with Crippen molar-refractivity contribution in [1.29, 1.82) is 0 Å². The van der Waals surface area contributed by atoms with Crippen LogP contribution in [-0.2, 0) is 19.7 Å². The number of fused-ring (bicyclic) bond motifs is 1. The van der Waals surface area contributed by atoms with Crippen LogP contribution in [0, 0.1) is 0 Å². The maximum atomic E-state index is 12.6. The summed E-state index contributed by atoms with van der Waals surface area (Å²) in [6, 6.07) is 5.13. The molecule has 1 aromatic rings. The summed E-state index contributed by atoms with van der Waals surface area (Å²) >= 11 is 0. The molecule has 8 nitrogen and oxygen atoms in total. The predicted octanol–water partition coefficient (Wildman–Crippen LogP) is 1.34. The van der Waals surface area contributed by atoms with Crippen LogP contribution in [0.2, 0.25) is 0 Å². The molecule has 2 heterocycles. The Kier molecular flexibility index (Phi) is 5.10. The lowest BCUT2D eigenvalue weighted by molar-refractivity contribution is -0.173. The lowest BCUT2D eigenvalue weighted by Crippen LogP contribution is -2.46. The molecule has 9 heteroatoms. The quantitative estimate of drug-likeness (QED) is 0.690. The van der Waals surface area contributed by atoms with Gasteiger partial charge in [0.15, 0.2) is 0 Å². The van der Waals surface area contributed by atoms with Gasteiger partial charge in [0.1, 0.15) is 6.04 Å². The number of hydroxylamine groups is 2. The molecule has 26 heavy (non-hydrogen) atoms. The van der Waals surface area contributed by atoms with E-state index in [1.54, 1.807) is 12.1 Å². The molecule has 140 valence electrons. The van der Waals surface area contributed by atoms with Crippen molar-refractivity contribution in [3.05, 3.63) is 35.4 Å². The Morgan fingerprint density at radius 3 is 2.31 bits per heavy atom. The van der Waals surface area contributed by atoms with Crippen molar-refractivity contribution in [3.8, 4) is 0 Å². The highest BCUT2D eigenvalue weighted by Gasteiger charge is 2.43. The maximum Gasteiger partial charge on any atom is 0.351 e. The molecule has 0 bridgehead atoms. The Balaban J connectivity index is 1.80. The molecule has 2 amide bonds. The topological polar surface area (TPSA) is 101 Å². The van der Waals surface area contributed by atoms with Crippen LogP contribution in [0.3, 0.4) is 0 Å². The van der Waals surface area contributed by atoms with E-state index in [4.69, 9.17) is 4.84 Å². The van der Waals surface area contributed by atoms with E-state index < -0.39 is 33.8 Å². The van der Waals surface area contributed by atoms with Gasteiger partial charge in [0.2, 0.25) is 10.0 Å². The second-order valence-electron chi connectivity index (χ2n) is 6.30. The number of rotatable bonds is 6. The fraction of sp³-hybridized carbons (Fsp3) is 0.471. The van der Waals surface area contributed by atoms with E-state index in [0.29, 0.717) is 17.9 Å². The monoisotopic (exact) mass is 380 g/mol. The molecule has 0 saturated carbocycles. The molecule has 1 saturated heterocycles. The summed E-state index contributed by atoms with van der Waals surface area (Å²) in [7, 11) is -3.53. The number of sulfonamides is 1. The molecule has 0 N–H and O–H groups in total. The second kappa shape index (κ2) is 7.16. The van der Waals surface area contributed by atoms with Crippen LogP contribution in [0.25, 0.3) is 0 Å². The molecule has 0 aromatic heterocycles. The van der Waals surface area contributed by atoms with Crippen LogP contribution in [0.5, 0.6) is 0 Å². The number of hydrogen-bond acceptors (Lipinski definition) is 6. The summed E-state index contributed by atoms with van der Waals surface area (Å²) in [4.78, 5) is 42.4. The highest BCUT2D eigenvalue weighted by molar-refractivity contribution is 7.89. The summed E-state index contributed by atoms with van der Waals surface area (Å²) in [6.07, 6.45) is 2.10. The molecular formula is C17H20N2O6S. The molecule has 0 spiro atoms. The highest BCUT2D eigenvalue weighted by Crippen LogP contribution is 2.26. The van der Waals surface area contributed by atoms with Gasteiger partial charge in [0.05, 0.1) is 16.9 Å². The third-order valence-electron chi connectivity index (χ3n) is 4.53. The van der Waals surface area contributed by atoms with Crippen LogP contribution in [0.4, 0.5) is 0 Å². The lowest BCUT2D eigenvalue weighted by Gasteiger charge is -2.25. The predicted molar refractivity (Wildman–Crippen MR) is 91.5 cm³/mol. The van der Waals surface area contributed by atoms with Gasteiger partial charge in [-0.15, -0.1) is 0 Å². The lowest BCUT2D eigenvalue weighted by atomic mass is 10.1. The molecule has 2 aliphatic heterocycles. The molecule has 1 atom stereocenters. The highest BCUT2D eigenvalue weighted by atomic mass is 32.2. The molecule has 3 rings (SSSR count). The van der Waals surface area contributed by atoms with Crippen molar-refractivity contribution in [3.63, 3.8) is 0 Å². The summed E-state index contributed by atoms with van der Waals surface area (Å²) in [5.74, 6) is -2.37. The minimum absolute atomic E-state index is 0.0179. The summed E-state index contributed by atoms with van der Waals surface area (Å²) in [5, 5.41) is 0.425. The van der Waals surface area contributed by atoms with Gasteiger partial charge in [-0.1, -0.05) is 37.0 Å². The van der Waals surface area contributed by atoms with Crippen molar-refractivity contribution in [2.24, 2.45) is 0 Å². The van der Waals surface area contributed by atoms with Crippen molar-refractivity contribution < 1.29 is 27.6 Å². The van der Waals surface area contributed by atoms with E-state index in [2.05, 4.69) is 0 Å². The maximum absolute atomic E-state index is 12.6. The molecule has 0 radical (unpaired) electrons. The molecule has 1 fully saturated rings. The Morgan fingerprint density at radius 1 is 1.19 bits per heavy atom. The minimum atomic E-state index is -3.53. The number of unbranched alkanes of at least 4 members (excludes halogenated alkanes) is 1. The standard InChI is InChI=1S/C17H20N2O6S/c1-2-3-9-14(18-10-6-11-26(18,23)24)17(22)25-19-15(20)12-7-4-5-8-13(12)16(19)21/h4-5,7-8,14H,2-3,6,9-11H2,1H3. The number of carbonyl (C=O) groups excluding carboxylic acids is 3. The first-order valence-corrected chi connectivity index (χ1v) is 10.2. The van der Waals surface area contributed by atoms with E-state index in [9.17, 15) is 22.8 Å². The van der Waals surface area contributed by atoms with E-state index in [1.807, 2.05) is 6.92 Å². The number of imide groups is 1. The van der Waals surface area contributed by atoms with Gasteiger partial charge < -0.3 is 4.84 Å². The van der Waals surface area contributed by atoms with Gasteiger partial charge >= 0.3 is 5.97 Å². The van der Waals surface area contributed by atoms with E-state index >= 15 is 0 Å². The molecule has 1 aromatic carbocycles. The third-order valence-corrected chi connectivity index (χ3v) is 6.48.